The Bertz CT molecular complexity index is 216. The van der Waals surface area contributed by atoms with Gasteiger partial charge in [0.15, 0.2) is 0 Å². The summed E-state index contributed by atoms with van der Waals surface area (Å²) >= 11 is 0. The highest BCUT2D eigenvalue weighted by molar-refractivity contribution is 4.81. The molecule has 1 fully saturated rings. The maximum absolute atomic E-state index is 8.98. The average Bonchev–Trinajstić information content (AvgIpc) is 2.61. The molecule has 0 unspecified atom stereocenters. The number of aliphatic hydroxyl groups is 4. The largest absolute Gasteiger partial charge is 0.396 e. The molecule has 0 saturated heterocycles. The molecule has 0 atom stereocenters. The van der Waals surface area contributed by atoms with Gasteiger partial charge in [-0.2, -0.15) is 0 Å². The monoisotopic (exact) mass is 338 g/mol. The molecule has 7 heteroatoms. The van der Waals surface area contributed by atoms with E-state index in [0.29, 0.717) is 39.6 Å². The first-order valence-corrected chi connectivity index (χ1v) is 8.41. The Morgan fingerprint density at radius 2 is 0.957 bits per heavy atom. The van der Waals surface area contributed by atoms with Crippen molar-refractivity contribution in [3.05, 3.63) is 0 Å². The van der Waals surface area contributed by atoms with Crippen LogP contribution in [0.5, 0.6) is 0 Å². The van der Waals surface area contributed by atoms with E-state index in [1.807, 2.05) is 0 Å². The maximum Gasteiger partial charge on any atom is 0.0701 e. The lowest BCUT2D eigenvalue weighted by Gasteiger charge is -2.33. The van der Waals surface area contributed by atoms with E-state index in [1.54, 1.807) is 0 Å². The Morgan fingerprint density at radius 1 is 0.565 bits per heavy atom. The topological polar surface area (TPSA) is 109 Å². The molecule has 0 amide bonds. The summed E-state index contributed by atoms with van der Waals surface area (Å²) in [6.45, 7) is 3.08. The fourth-order valence-electron chi connectivity index (χ4n) is 2.34. The predicted octanol–water partition coefficient (Wildman–Crippen LogP) is -0.0577. The summed E-state index contributed by atoms with van der Waals surface area (Å²) in [7, 11) is 0. The van der Waals surface area contributed by atoms with Crippen LogP contribution >= 0.6 is 0 Å². The summed E-state index contributed by atoms with van der Waals surface area (Å²) in [5.41, 5.74) is -0.127. The molecule has 23 heavy (non-hydrogen) atoms. The third-order valence-corrected chi connectivity index (χ3v) is 3.80. The third-order valence-electron chi connectivity index (χ3n) is 3.80. The molecule has 4 N–H and O–H groups in total. The second kappa shape index (κ2) is 16.6. The van der Waals surface area contributed by atoms with Gasteiger partial charge in [-0.05, 0) is 12.8 Å². The number of hydrogen-bond acceptors (Lipinski definition) is 7. The van der Waals surface area contributed by atoms with Crippen LogP contribution < -0.4 is 0 Å². The van der Waals surface area contributed by atoms with Crippen molar-refractivity contribution in [2.24, 2.45) is 5.41 Å². The zero-order valence-corrected chi connectivity index (χ0v) is 14.1. The lowest BCUT2D eigenvalue weighted by Crippen LogP contribution is -2.31. The summed E-state index contributed by atoms with van der Waals surface area (Å²) in [6.07, 6.45) is 5.60. The Balaban J connectivity index is 0.000000433. The van der Waals surface area contributed by atoms with Gasteiger partial charge in [-0.1, -0.05) is 19.3 Å². The quantitative estimate of drug-likeness (QED) is 0.369. The lowest BCUT2D eigenvalue weighted by molar-refractivity contribution is 0.00230. The van der Waals surface area contributed by atoms with E-state index in [4.69, 9.17) is 34.6 Å². The van der Waals surface area contributed by atoms with Gasteiger partial charge in [0, 0.05) is 5.41 Å². The molecule has 0 aromatic carbocycles. The van der Waals surface area contributed by atoms with Crippen molar-refractivity contribution in [1.82, 2.24) is 0 Å². The van der Waals surface area contributed by atoms with Gasteiger partial charge in [-0.25, -0.2) is 0 Å². The van der Waals surface area contributed by atoms with Crippen molar-refractivity contribution >= 4 is 0 Å². The fraction of sp³-hybridized carbons (Fsp3) is 1.00. The molecule has 0 bridgehead atoms. The summed E-state index contributed by atoms with van der Waals surface area (Å²) in [5, 5.41) is 34.7. The molecule has 1 rings (SSSR count). The number of rotatable bonds is 12. The molecule has 1 saturated carbocycles. The third kappa shape index (κ3) is 12.8. The number of aliphatic hydroxyl groups excluding tert-OH is 4. The molecule has 0 spiro atoms. The standard InChI is InChI=1S/C8H18O5.C8H16O2/c9-1-3-11-5-7-13-8-6-12-4-2-10;9-6-8(7-10)4-2-1-3-5-8/h9-10H,1-8H2;9-10H,1-7H2. The molecular weight excluding hydrogens is 304 g/mol. The number of hydrogen-bond donors (Lipinski definition) is 4. The molecule has 0 aromatic heterocycles. The van der Waals surface area contributed by atoms with E-state index in [9.17, 15) is 0 Å². The maximum atomic E-state index is 8.98. The first-order valence-electron chi connectivity index (χ1n) is 8.41. The van der Waals surface area contributed by atoms with Gasteiger partial charge in [0.2, 0.25) is 0 Å². The second-order valence-corrected chi connectivity index (χ2v) is 5.66. The summed E-state index contributed by atoms with van der Waals surface area (Å²) in [6, 6.07) is 0. The first kappa shape index (κ1) is 22.7. The minimum Gasteiger partial charge on any atom is -0.396 e. The van der Waals surface area contributed by atoms with Crippen molar-refractivity contribution in [3.8, 4) is 0 Å². The van der Waals surface area contributed by atoms with Gasteiger partial charge in [0.05, 0.1) is 66.1 Å². The van der Waals surface area contributed by atoms with Gasteiger partial charge in [-0.15, -0.1) is 0 Å². The molecular formula is C16H34O7. The van der Waals surface area contributed by atoms with Gasteiger partial charge in [0.25, 0.3) is 0 Å². The van der Waals surface area contributed by atoms with Gasteiger partial charge in [-0.3, -0.25) is 0 Å². The Morgan fingerprint density at radius 3 is 1.26 bits per heavy atom. The molecule has 1 aliphatic carbocycles. The Hall–Kier alpha value is -0.280. The van der Waals surface area contributed by atoms with E-state index in [0.717, 1.165) is 12.8 Å². The van der Waals surface area contributed by atoms with Crippen LogP contribution in [0.4, 0.5) is 0 Å². The average molecular weight is 338 g/mol. The predicted molar refractivity (Wildman–Crippen MR) is 86.3 cm³/mol. The Labute approximate surface area is 139 Å². The first-order chi connectivity index (χ1) is 11.2. The van der Waals surface area contributed by atoms with E-state index in [2.05, 4.69) is 0 Å². The van der Waals surface area contributed by atoms with Crippen LogP contribution in [0.2, 0.25) is 0 Å². The van der Waals surface area contributed by atoms with E-state index in [1.165, 1.54) is 19.3 Å². The molecule has 1 aliphatic rings. The van der Waals surface area contributed by atoms with Crippen molar-refractivity contribution in [1.29, 1.82) is 0 Å². The van der Waals surface area contributed by atoms with Crippen molar-refractivity contribution < 1.29 is 34.6 Å². The van der Waals surface area contributed by atoms with Gasteiger partial charge in [0.1, 0.15) is 0 Å². The van der Waals surface area contributed by atoms with E-state index >= 15 is 0 Å². The van der Waals surface area contributed by atoms with Crippen LogP contribution in [0.3, 0.4) is 0 Å². The van der Waals surface area contributed by atoms with Crippen LogP contribution in [0.25, 0.3) is 0 Å². The minimum absolute atomic E-state index is 0.0413. The molecule has 0 radical (unpaired) electrons. The van der Waals surface area contributed by atoms with Crippen molar-refractivity contribution in [3.63, 3.8) is 0 Å². The zero-order valence-electron chi connectivity index (χ0n) is 14.1. The molecule has 0 aliphatic heterocycles. The van der Waals surface area contributed by atoms with Crippen LogP contribution in [0.1, 0.15) is 32.1 Å². The van der Waals surface area contributed by atoms with E-state index < -0.39 is 0 Å². The van der Waals surface area contributed by atoms with Gasteiger partial charge >= 0.3 is 0 Å². The smallest absolute Gasteiger partial charge is 0.0701 e. The molecule has 0 heterocycles. The highest BCUT2D eigenvalue weighted by Gasteiger charge is 2.30. The molecule has 7 nitrogen and oxygen atoms in total. The fourth-order valence-corrected chi connectivity index (χ4v) is 2.34. The summed E-state index contributed by atoms with van der Waals surface area (Å²) in [4.78, 5) is 0. The van der Waals surface area contributed by atoms with Gasteiger partial charge < -0.3 is 34.6 Å². The zero-order chi connectivity index (χ0) is 17.2. The normalized spacial score (nSPS) is 16.7. The highest BCUT2D eigenvalue weighted by Crippen LogP contribution is 2.34. The van der Waals surface area contributed by atoms with Crippen molar-refractivity contribution in [2.75, 3.05) is 66.1 Å². The Kier molecular flexibility index (Phi) is 16.4. The van der Waals surface area contributed by atoms with Crippen LogP contribution in [-0.2, 0) is 14.2 Å². The van der Waals surface area contributed by atoms with Crippen LogP contribution in [0.15, 0.2) is 0 Å². The SMILES string of the molecule is OCC1(CO)CCCCC1.OCCOCCOCCOCCO. The molecule has 140 valence electrons. The van der Waals surface area contributed by atoms with Crippen LogP contribution in [-0.4, -0.2) is 86.5 Å². The summed E-state index contributed by atoms with van der Waals surface area (Å²) < 4.78 is 15.0. The second-order valence-electron chi connectivity index (χ2n) is 5.66. The van der Waals surface area contributed by atoms with E-state index in [-0.39, 0.29) is 31.8 Å². The van der Waals surface area contributed by atoms with Crippen molar-refractivity contribution in [2.45, 2.75) is 32.1 Å². The molecule has 0 aromatic rings. The number of ether oxygens (including phenoxy) is 3. The van der Waals surface area contributed by atoms with Crippen LogP contribution in [0, 0.1) is 5.41 Å². The highest BCUT2D eigenvalue weighted by atomic mass is 16.5. The summed E-state index contributed by atoms with van der Waals surface area (Å²) in [5.74, 6) is 0. The minimum atomic E-state index is -0.127. The lowest BCUT2D eigenvalue weighted by atomic mass is 9.75.